The van der Waals surface area contributed by atoms with Crippen LogP contribution in [0.3, 0.4) is 0 Å². The number of piperidine rings is 1. The number of amides is 1. The molecular formula is C22H27ClN2O3. The van der Waals surface area contributed by atoms with Crippen LogP contribution in [0.15, 0.2) is 42.5 Å². The number of likely N-dealkylation sites (tertiary alicyclic amines) is 1. The Hall–Kier alpha value is -2.24. The molecule has 5 nitrogen and oxygen atoms in total. The van der Waals surface area contributed by atoms with Gasteiger partial charge in [0.2, 0.25) is 5.91 Å². The lowest BCUT2D eigenvalue weighted by atomic mass is 9.95. The van der Waals surface area contributed by atoms with Gasteiger partial charge in [-0.15, -0.1) is 0 Å². The molecule has 0 bridgehead atoms. The van der Waals surface area contributed by atoms with E-state index in [2.05, 4.69) is 16.3 Å². The second-order valence-electron chi connectivity index (χ2n) is 7.05. The standard InChI is InChI=1S/C22H27ClN2O3/c1-27-20-8-7-16(13-21(20)28-2)15-25-11-9-17(10-12-25)22(26)24-14-18-5-3-4-6-19(18)23/h3-8,13,17H,9-12,14-15H2,1-2H3,(H,24,26). The van der Waals surface area contributed by atoms with Crippen LogP contribution in [-0.2, 0) is 17.9 Å². The molecule has 1 amide bonds. The Labute approximate surface area is 171 Å². The Bertz CT molecular complexity index is 804. The monoisotopic (exact) mass is 402 g/mol. The summed E-state index contributed by atoms with van der Waals surface area (Å²) in [5.41, 5.74) is 2.13. The molecule has 1 N–H and O–H groups in total. The van der Waals surface area contributed by atoms with Gasteiger partial charge in [0, 0.05) is 24.0 Å². The Morgan fingerprint density at radius 1 is 1.11 bits per heavy atom. The summed E-state index contributed by atoms with van der Waals surface area (Å²) < 4.78 is 10.7. The number of hydrogen-bond donors (Lipinski definition) is 1. The molecule has 0 aliphatic carbocycles. The minimum atomic E-state index is 0.0594. The second-order valence-corrected chi connectivity index (χ2v) is 7.46. The van der Waals surface area contributed by atoms with Crippen LogP contribution >= 0.6 is 11.6 Å². The molecule has 0 aromatic heterocycles. The molecule has 6 heteroatoms. The summed E-state index contributed by atoms with van der Waals surface area (Å²) in [6.07, 6.45) is 1.73. The van der Waals surface area contributed by atoms with E-state index in [0.717, 1.165) is 49.5 Å². The SMILES string of the molecule is COc1ccc(CN2CCC(C(=O)NCc3ccccc3Cl)CC2)cc1OC. The summed E-state index contributed by atoms with van der Waals surface area (Å²) in [7, 11) is 3.29. The lowest BCUT2D eigenvalue weighted by molar-refractivity contribution is -0.126. The number of rotatable bonds is 7. The van der Waals surface area contributed by atoms with Crippen molar-refractivity contribution < 1.29 is 14.3 Å². The molecule has 0 spiro atoms. The van der Waals surface area contributed by atoms with Gasteiger partial charge in [0.15, 0.2) is 11.5 Å². The van der Waals surface area contributed by atoms with Crippen molar-refractivity contribution in [3.63, 3.8) is 0 Å². The van der Waals surface area contributed by atoms with Crippen molar-refractivity contribution in [2.24, 2.45) is 5.92 Å². The van der Waals surface area contributed by atoms with Crippen LogP contribution in [-0.4, -0.2) is 38.1 Å². The third-order valence-electron chi connectivity index (χ3n) is 5.22. The maximum absolute atomic E-state index is 12.5. The first kappa shape index (κ1) is 20.5. The van der Waals surface area contributed by atoms with Gasteiger partial charge in [-0.05, 0) is 55.3 Å². The lowest BCUT2D eigenvalue weighted by Gasteiger charge is -2.31. The summed E-state index contributed by atoms with van der Waals surface area (Å²) >= 11 is 6.16. The number of nitrogens with zero attached hydrogens (tertiary/aromatic N) is 1. The third-order valence-corrected chi connectivity index (χ3v) is 5.59. The maximum atomic E-state index is 12.5. The van der Waals surface area contributed by atoms with Crippen molar-refractivity contribution >= 4 is 17.5 Å². The smallest absolute Gasteiger partial charge is 0.223 e. The Kier molecular flexibility index (Phi) is 7.18. The van der Waals surface area contributed by atoms with Crippen LogP contribution in [0.25, 0.3) is 0 Å². The van der Waals surface area contributed by atoms with Crippen molar-refractivity contribution in [2.45, 2.75) is 25.9 Å². The van der Waals surface area contributed by atoms with E-state index in [-0.39, 0.29) is 11.8 Å². The van der Waals surface area contributed by atoms with Crippen LogP contribution < -0.4 is 14.8 Å². The zero-order valence-corrected chi connectivity index (χ0v) is 17.2. The summed E-state index contributed by atoms with van der Waals surface area (Å²) in [6, 6.07) is 13.6. The molecule has 0 saturated carbocycles. The minimum Gasteiger partial charge on any atom is -0.493 e. The first-order valence-electron chi connectivity index (χ1n) is 9.55. The molecule has 0 radical (unpaired) electrons. The van der Waals surface area contributed by atoms with E-state index in [4.69, 9.17) is 21.1 Å². The molecule has 0 unspecified atom stereocenters. The van der Waals surface area contributed by atoms with E-state index in [1.54, 1.807) is 14.2 Å². The van der Waals surface area contributed by atoms with Crippen LogP contribution in [0.5, 0.6) is 11.5 Å². The van der Waals surface area contributed by atoms with E-state index in [1.165, 1.54) is 5.56 Å². The number of nitrogens with one attached hydrogen (secondary N) is 1. The highest BCUT2D eigenvalue weighted by Gasteiger charge is 2.25. The zero-order chi connectivity index (χ0) is 19.9. The van der Waals surface area contributed by atoms with Crippen molar-refractivity contribution in [3.05, 3.63) is 58.6 Å². The molecule has 1 heterocycles. The molecule has 28 heavy (non-hydrogen) atoms. The minimum absolute atomic E-state index is 0.0594. The first-order valence-corrected chi connectivity index (χ1v) is 9.93. The fraction of sp³-hybridized carbons (Fsp3) is 0.409. The number of hydrogen-bond acceptors (Lipinski definition) is 4. The highest BCUT2D eigenvalue weighted by atomic mass is 35.5. The fourth-order valence-electron chi connectivity index (χ4n) is 3.56. The molecule has 1 fully saturated rings. The molecule has 3 rings (SSSR count). The number of carbonyl (C=O) groups is 1. The number of carbonyl (C=O) groups excluding carboxylic acids is 1. The van der Waals surface area contributed by atoms with Crippen LogP contribution in [0.4, 0.5) is 0 Å². The van der Waals surface area contributed by atoms with Gasteiger partial charge in [0.1, 0.15) is 0 Å². The average Bonchev–Trinajstić information content (AvgIpc) is 2.73. The van der Waals surface area contributed by atoms with Gasteiger partial charge >= 0.3 is 0 Å². The zero-order valence-electron chi connectivity index (χ0n) is 16.4. The maximum Gasteiger partial charge on any atom is 0.223 e. The van der Waals surface area contributed by atoms with Crippen molar-refractivity contribution in [3.8, 4) is 11.5 Å². The molecule has 150 valence electrons. The van der Waals surface area contributed by atoms with E-state index in [1.807, 2.05) is 36.4 Å². The van der Waals surface area contributed by atoms with Crippen LogP contribution in [0, 0.1) is 5.92 Å². The van der Waals surface area contributed by atoms with Crippen LogP contribution in [0.2, 0.25) is 5.02 Å². The van der Waals surface area contributed by atoms with Gasteiger partial charge in [-0.25, -0.2) is 0 Å². The van der Waals surface area contributed by atoms with Gasteiger partial charge in [0.25, 0.3) is 0 Å². The van der Waals surface area contributed by atoms with Gasteiger partial charge in [0.05, 0.1) is 14.2 Å². The summed E-state index contributed by atoms with van der Waals surface area (Å²) in [5.74, 6) is 1.66. The number of benzene rings is 2. The highest BCUT2D eigenvalue weighted by Crippen LogP contribution is 2.29. The number of ether oxygens (including phenoxy) is 2. The Balaban J connectivity index is 1.47. The van der Waals surface area contributed by atoms with Gasteiger partial charge < -0.3 is 14.8 Å². The third kappa shape index (κ3) is 5.18. The van der Waals surface area contributed by atoms with Crippen molar-refractivity contribution in [1.29, 1.82) is 0 Å². The van der Waals surface area contributed by atoms with E-state index < -0.39 is 0 Å². The fourth-order valence-corrected chi connectivity index (χ4v) is 3.76. The van der Waals surface area contributed by atoms with Gasteiger partial charge in [-0.3, -0.25) is 9.69 Å². The van der Waals surface area contributed by atoms with Crippen LogP contribution in [0.1, 0.15) is 24.0 Å². The van der Waals surface area contributed by atoms with E-state index in [0.29, 0.717) is 11.6 Å². The number of methoxy groups -OCH3 is 2. The molecule has 1 saturated heterocycles. The molecule has 1 aliphatic heterocycles. The van der Waals surface area contributed by atoms with Crippen molar-refractivity contribution in [1.82, 2.24) is 10.2 Å². The largest absolute Gasteiger partial charge is 0.493 e. The van der Waals surface area contributed by atoms with Gasteiger partial charge in [-0.2, -0.15) is 0 Å². The Morgan fingerprint density at radius 3 is 2.50 bits per heavy atom. The normalized spacial score (nSPS) is 15.2. The molecule has 1 aliphatic rings. The molecule has 2 aromatic carbocycles. The summed E-state index contributed by atoms with van der Waals surface area (Å²) in [6.45, 7) is 3.12. The summed E-state index contributed by atoms with van der Waals surface area (Å²) in [4.78, 5) is 14.9. The predicted molar refractivity (Wildman–Crippen MR) is 111 cm³/mol. The highest BCUT2D eigenvalue weighted by molar-refractivity contribution is 6.31. The molecular weight excluding hydrogens is 376 g/mol. The quantitative estimate of drug-likeness (QED) is 0.763. The molecule has 2 aromatic rings. The number of halogens is 1. The average molecular weight is 403 g/mol. The second kappa shape index (κ2) is 9.80. The van der Waals surface area contributed by atoms with Crippen molar-refractivity contribution in [2.75, 3.05) is 27.3 Å². The first-order chi connectivity index (χ1) is 13.6. The van der Waals surface area contributed by atoms with Gasteiger partial charge in [-0.1, -0.05) is 35.9 Å². The lowest BCUT2D eigenvalue weighted by Crippen LogP contribution is -2.40. The predicted octanol–water partition coefficient (Wildman–Crippen LogP) is 3.89. The Morgan fingerprint density at radius 2 is 1.82 bits per heavy atom. The van der Waals surface area contributed by atoms with E-state index in [9.17, 15) is 4.79 Å². The summed E-state index contributed by atoms with van der Waals surface area (Å²) in [5, 5.41) is 3.72. The molecule has 0 atom stereocenters. The topological polar surface area (TPSA) is 50.8 Å². The van der Waals surface area contributed by atoms with E-state index >= 15 is 0 Å².